The van der Waals surface area contributed by atoms with Crippen molar-refractivity contribution in [3.63, 3.8) is 0 Å². The number of rotatable bonds is 5. The molecule has 2 aliphatic rings. The summed E-state index contributed by atoms with van der Waals surface area (Å²) >= 11 is 0. The number of likely N-dealkylation sites (tertiary alicyclic amines) is 1. The third kappa shape index (κ3) is 4.34. The minimum absolute atomic E-state index is 0.0740. The second-order valence-electron chi connectivity index (χ2n) is 8.68. The number of fused-ring (bicyclic) bond motifs is 1. The van der Waals surface area contributed by atoms with Crippen molar-refractivity contribution < 1.29 is 14.6 Å². The number of pyridine rings is 1. The highest BCUT2D eigenvalue weighted by Gasteiger charge is 2.27. The Balaban J connectivity index is 1.48. The van der Waals surface area contributed by atoms with Gasteiger partial charge in [-0.3, -0.25) is 9.59 Å². The number of aliphatic hydroxyl groups excluding tert-OH is 1. The van der Waals surface area contributed by atoms with Crippen LogP contribution in [0.2, 0.25) is 0 Å². The maximum absolute atomic E-state index is 12.9. The zero-order valence-corrected chi connectivity index (χ0v) is 19.1. The predicted molar refractivity (Wildman–Crippen MR) is 129 cm³/mol. The van der Waals surface area contributed by atoms with Crippen LogP contribution in [0.15, 0.2) is 41.5 Å². The third-order valence-electron chi connectivity index (χ3n) is 6.46. The van der Waals surface area contributed by atoms with Gasteiger partial charge in [-0.25, -0.2) is 9.97 Å². The summed E-state index contributed by atoms with van der Waals surface area (Å²) in [7, 11) is 1.66. The molecule has 5 rings (SSSR count). The minimum Gasteiger partial charge on any atom is -0.387 e. The van der Waals surface area contributed by atoms with E-state index in [4.69, 9.17) is 14.8 Å². The van der Waals surface area contributed by atoms with Gasteiger partial charge in [0.1, 0.15) is 17.8 Å². The number of hydrogen-bond donors (Lipinski definition) is 2. The van der Waals surface area contributed by atoms with E-state index in [0.29, 0.717) is 41.9 Å². The van der Waals surface area contributed by atoms with E-state index >= 15 is 0 Å². The van der Waals surface area contributed by atoms with E-state index in [1.54, 1.807) is 11.9 Å². The number of benzene rings is 1. The van der Waals surface area contributed by atoms with Gasteiger partial charge in [0, 0.05) is 50.5 Å². The van der Waals surface area contributed by atoms with E-state index in [0.717, 1.165) is 37.6 Å². The molecule has 2 fully saturated rings. The first-order chi connectivity index (χ1) is 16.5. The van der Waals surface area contributed by atoms with Crippen LogP contribution in [0.1, 0.15) is 6.42 Å². The largest absolute Gasteiger partial charge is 0.387 e. The highest BCUT2D eigenvalue weighted by atomic mass is 16.5. The molecule has 1 amide bonds. The molecule has 0 spiro atoms. The number of nitrogens with zero attached hydrogens (tertiary/aromatic N) is 5. The number of carbonyl (C=O) groups is 1. The monoisotopic (exact) mass is 464 g/mol. The van der Waals surface area contributed by atoms with Crippen LogP contribution >= 0.6 is 0 Å². The molecule has 10 heteroatoms. The van der Waals surface area contributed by atoms with Gasteiger partial charge in [-0.1, -0.05) is 12.1 Å². The topological polar surface area (TPSA) is 113 Å². The first-order valence-corrected chi connectivity index (χ1v) is 11.5. The maximum atomic E-state index is 12.9. The fourth-order valence-corrected chi connectivity index (χ4v) is 4.54. The molecule has 0 aliphatic carbocycles. The number of amides is 1. The number of ether oxygens (including phenoxy) is 1. The lowest BCUT2D eigenvalue weighted by Gasteiger charge is -2.28. The molecule has 3 aromatic rings. The molecule has 10 nitrogen and oxygen atoms in total. The van der Waals surface area contributed by atoms with Crippen LogP contribution in [0, 0.1) is 0 Å². The first kappa shape index (κ1) is 22.3. The maximum Gasteiger partial charge on any atom is 0.264 e. The predicted octanol–water partition coefficient (Wildman–Crippen LogP) is 0.837. The molecule has 2 N–H and O–H groups in total. The number of aliphatic hydroxyl groups is 1. The Hall–Kier alpha value is -3.50. The summed E-state index contributed by atoms with van der Waals surface area (Å²) in [5.41, 5.74) is 3.15. The molecule has 0 saturated carbocycles. The fourth-order valence-electron chi connectivity index (χ4n) is 4.54. The third-order valence-corrected chi connectivity index (χ3v) is 6.46. The van der Waals surface area contributed by atoms with Gasteiger partial charge in [0.2, 0.25) is 5.91 Å². The molecule has 34 heavy (non-hydrogen) atoms. The average molecular weight is 465 g/mol. The Labute approximate surface area is 196 Å². The van der Waals surface area contributed by atoms with Gasteiger partial charge in [-0.2, -0.15) is 0 Å². The quantitative estimate of drug-likeness (QED) is 0.571. The summed E-state index contributed by atoms with van der Waals surface area (Å²) in [5.74, 6) is 0.163. The van der Waals surface area contributed by atoms with Crippen LogP contribution < -0.4 is 15.8 Å². The molecule has 2 aromatic heterocycles. The molecule has 178 valence electrons. The molecule has 1 aromatic carbocycles. The molecule has 2 saturated heterocycles. The number of aromatic nitrogens is 3. The lowest BCUT2D eigenvalue weighted by atomic mass is 10.1. The van der Waals surface area contributed by atoms with Gasteiger partial charge in [-0.15, -0.1) is 0 Å². The van der Waals surface area contributed by atoms with E-state index < -0.39 is 6.61 Å². The molecular weight excluding hydrogens is 436 g/mol. The van der Waals surface area contributed by atoms with Crippen molar-refractivity contribution in [2.24, 2.45) is 7.05 Å². The summed E-state index contributed by atoms with van der Waals surface area (Å²) in [6.45, 7) is 3.68. The molecular formula is C24H28N6O4. The van der Waals surface area contributed by atoms with Crippen LogP contribution in [-0.2, 0) is 16.6 Å². The summed E-state index contributed by atoms with van der Waals surface area (Å²) in [4.78, 5) is 38.0. The zero-order chi connectivity index (χ0) is 23.7. The molecule has 0 radical (unpaired) electrons. The van der Waals surface area contributed by atoms with Gasteiger partial charge in [-0.05, 0) is 24.6 Å². The van der Waals surface area contributed by atoms with E-state index in [2.05, 4.69) is 27.3 Å². The normalized spacial score (nSPS) is 18.5. The van der Waals surface area contributed by atoms with Crippen LogP contribution in [0.5, 0.6) is 0 Å². The lowest BCUT2D eigenvalue weighted by molar-refractivity contribution is -0.133. The lowest BCUT2D eigenvalue weighted by Crippen LogP contribution is -2.36. The van der Waals surface area contributed by atoms with Crippen molar-refractivity contribution in [2.45, 2.75) is 12.5 Å². The number of aryl methyl sites for hydroxylation is 1. The Morgan fingerprint density at radius 1 is 1.21 bits per heavy atom. The average Bonchev–Trinajstić information content (AvgIpc) is 3.34. The fraction of sp³-hybridized carbons (Fsp3) is 0.417. The second kappa shape index (κ2) is 9.40. The number of morpholine rings is 1. The Morgan fingerprint density at radius 3 is 2.71 bits per heavy atom. The van der Waals surface area contributed by atoms with Gasteiger partial charge in [0.25, 0.3) is 5.56 Å². The SMILES string of the molecule is Cn1cnc2cc(-c3ccc(N4CCOCC4)cc3)nc(NC3CCN(C(=O)CO)C3)c2c1=O. The molecule has 0 bridgehead atoms. The van der Waals surface area contributed by atoms with Crippen LogP contribution in [0.25, 0.3) is 22.2 Å². The minimum atomic E-state index is -0.506. The van der Waals surface area contributed by atoms with E-state index in [1.807, 2.05) is 18.2 Å². The van der Waals surface area contributed by atoms with Gasteiger partial charge < -0.3 is 29.5 Å². The van der Waals surface area contributed by atoms with E-state index in [9.17, 15) is 9.59 Å². The van der Waals surface area contributed by atoms with Crippen molar-refractivity contribution in [3.8, 4) is 11.3 Å². The van der Waals surface area contributed by atoms with Crippen molar-refractivity contribution in [2.75, 3.05) is 56.2 Å². The highest BCUT2D eigenvalue weighted by Crippen LogP contribution is 2.28. The second-order valence-corrected chi connectivity index (χ2v) is 8.68. The molecule has 1 unspecified atom stereocenters. The van der Waals surface area contributed by atoms with Gasteiger partial charge in [0.05, 0.1) is 30.8 Å². The Kier molecular flexibility index (Phi) is 6.16. The molecule has 1 atom stereocenters. The number of hydrogen-bond acceptors (Lipinski definition) is 8. The van der Waals surface area contributed by atoms with Crippen molar-refractivity contribution in [1.29, 1.82) is 0 Å². The van der Waals surface area contributed by atoms with Gasteiger partial charge in [0.15, 0.2) is 0 Å². The number of carbonyl (C=O) groups excluding carboxylic acids is 1. The summed E-state index contributed by atoms with van der Waals surface area (Å²) in [6.07, 6.45) is 2.21. The van der Waals surface area contributed by atoms with Gasteiger partial charge >= 0.3 is 0 Å². The number of anilines is 2. The van der Waals surface area contributed by atoms with Crippen molar-refractivity contribution in [1.82, 2.24) is 19.4 Å². The van der Waals surface area contributed by atoms with Crippen LogP contribution in [0.3, 0.4) is 0 Å². The molecule has 2 aliphatic heterocycles. The number of nitrogens with one attached hydrogen (secondary N) is 1. The standard InChI is InChI=1S/C24H28N6O4/c1-28-15-25-20-12-19(16-2-4-18(5-3-16)29-8-10-34-11-9-29)27-23(22(20)24(28)33)26-17-6-7-30(13-17)21(32)14-31/h2-5,12,15,17,31H,6-11,13-14H2,1H3,(H,26,27). The highest BCUT2D eigenvalue weighted by molar-refractivity contribution is 5.91. The van der Waals surface area contributed by atoms with E-state index in [-0.39, 0.29) is 17.5 Å². The summed E-state index contributed by atoms with van der Waals surface area (Å²) in [5, 5.41) is 13.0. The van der Waals surface area contributed by atoms with Crippen LogP contribution in [-0.4, -0.2) is 82.5 Å². The Bertz CT molecular complexity index is 1250. The van der Waals surface area contributed by atoms with Crippen molar-refractivity contribution >= 4 is 28.3 Å². The molecule has 4 heterocycles. The Morgan fingerprint density at radius 2 is 1.97 bits per heavy atom. The summed E-state index contributed by atoms with van der Waals surface area (Å²) < 4.78 is 6.87. The van der Waals surface area contributed by atoms with E-state index in [1.165, 1.54) is 10.9 Å². The summed E-state index contributed by atoms with van der Waals surface area (Å²) in [6, 6.07) is 9.97. The van der Waals surface area contributed by atoms with Crippen molar-refractivity contribution in [3.05, 3.63) is 47.0 Å². The smallest absolute Gasteiger partial charge is 0.264 e. The first-order valence-electron chi connectivity index (χ1n) is 11.5. The van der Waals surface area contributed by atoms with Crippen LogP contribution in [0.4, 0.5) is 11.5 Å². The zero-order valence-electron chi connectivity index (χ0n) is 19.1.